The van der Waals surface area contributed by atoms with Crippen LogP contribution in [-0.2, 0) is 16.9 Å². The maximum Gasteiger partial charge on any atom is 0.409 e. The Morgan fingerprint density at radius 2 is 1.51 bits per heavy atom. The third kappa shape index (κ3) is 6.45. The van der Waals surface area contributed by atoms with E-state index in [1.165, 1.54) is 4.85 Å². The monoisotopic (exact) mass is 555 g/mol. The van der Waals surface area contributed by atoms with Crippen LogP contribution in [0.25, 0.3) is 0 Å². The van der Waals surface area contributed by atoms with Gasteiger partial charge in [-0.3, -0.25) is 0 Å². The number of rotatable bonds is 10. The fraction of sp³-hybridized carbons (Fsp3) is 0.333. The summed E-state index contributed by atoms with van der Waals surface area (Å²) in [7, 11) is 0. The zero-order valence-electron chi connectivity index (χ0n) is 23.3. The molecule has 8 nitrogen and oxygen atoms in total. The number of carbonyl (C=O) groups is 1. The fourth-order valence-electron chi connectivity index (χ4n) is 5.60. The molecule has 8 heteroatoms. The number of benzene rings is 3. The Morgan fingerprint density at radius 3 is 2.07 bits per heavy atom. The maximum absolute atomic E-state index is 12.3. The van der Waals surface area contributed by atoms with Gasteiger partial charge in [0.05, 0.1) is 12.8 Å². The Bertz CT molecular complexity index is 1350. The quantitative estimate of drug-likeness (QED) is 0.279. The zero-order valence-corrected chi connectivity index (χ0v) is 23.3. The van der Waals surface area contributed by atoms with E-state index in [1.54, 1.807) is 18.0 Å². The van der Waals surface area contributed by atoms with Crippen molar-refractivity contribution in [2.24, 2.45) is 0 Å². The smallest absolute Gasteiger partial charge is 0.409 e. The van der Waals surface area contributed by atoms with Crippen LogP contribution in [0.3, 0.4) is 0 Å². The molecular formula is C33H37N3O5. The van der Waals surface area contributed by atoms with E-state index >= 15 is 0 Å². The van der Waals surface area contributed by atoms with Crippen molar-refractivity contribution in [2.75, 3.05) is 19.7 Å². The lowest BCUT2D eigenvalue weighted by Crippen LogP contribution is -2.38. The molecule has 3 aromatic carbocycles. The Labute approximate surface area is 240 Å². The van der Waals surface area contributed by atoms with E-state index in [-0.39, 0.29) is 25.0 Å². The van der Waals surface area contributed by atoms with Crippen LogP contribution in [0.1, 0.15) is 66.2 Å². The minimum atomic E-state index is -1.46. The zero-order chi connectivity index (χ0) is 28.7. The highest BCUT2D eigenvalue weighted by Crippen LogP contribution is 2.41. The number of hydrogen-bond acceptors (Lipinski definition) is 6. The van der Waals surface area contributed by atoms with E-state index in [0.29, 0.717) is 49.4 Å². The lowest BCUT2D eigenvalue weighted by atomic mass is 9.80. The number of hydrogen-bond donors (Lipinski definition) is 2. The van der Waals surface area contributed by atoms with E-state index < -0.39 is 11.7 Å². The lowest BCUT2D eigenvalue weighted by molar-refractivity contribution is -0.00411. The van der Waals surface area contributed by atoms with Crippen LogP contribution in [0.15, 0.2) is 97.2 Å². The Hall–Kier alpha value is -4.14. The summed E-state index contributed by atoms with van der Waals surface area (Å²) in [6.45, 7) is 3.51. The molecule has 1 amide bonds. The molecule has 1 aliphatic heterocycles. The molecule has 0 aliphatic carbocycles. The van der Waals surface area contributed by atoms with Crippen molar-refractivity contribution < 1.29 is 24.6 Å². The SMILES string of the molecule is CCOC(=O)N1CCC(c2cnn(OCc3ccccc3)c2C(O)CC(O)(c2ccccc2)c2ccccc2)CC1. The van der Waals surface area contributed by atoms with Gasteiger partial charge in [0.2, 0.25) is 0 Å². The van der Waals surface area contributed by atoms with Gasteiger partial charge in [-0.05, 0) is 42.4 Å². The number of likely N-dealkylation sites (tertiary alicyclic amines) is 1. The predicted octanol–water partition coefficient (Wildman–Crippen LogP) is 5.21. The Kier molecular flexibility index (Phi) is 9.01. The average Bonchev–Trinajstić information content (AvgIpc) is 3.46. The van der Waals surface area contributed by atoms with Gasteiger partial charge in [-0.2, -0.15) is 0 Å². The normalized spacial score (nSPS) is 15.0. The average molecular weight is 556 g/mol. The van der Waals surface area contributed by atoms with Crippen LogP contribution >= 0.6 is 0 Å². The maximum atomic E-state index is 12.3. The first-order chi connectivity index (χ1) is 20.0. The molecule has 0 spiro atoms. The number of piperidine rings is 1. The summed E-state index contributed by atoms with van der Waals surface area (Å²) < 4.78 is 5.18. The first-order valence-corrected chi connectivity index (χ1v) is 14.2. The molecule has 1 saturated heterocycles. The van der Waals surface area contributed by atoms with Crippen LogP contribution in [0.2, 0.25) is 0 Å². The number of aliphatic hydroxyl groups excluding tert-OH is 1. The van der Waals surface area contributed by atoms with Crippen molar-refractivity contribution in [1.82, 2.24) is 14.8 Å². The minimum Gasteiger partial charge on any atom is -0.450 e. The topological polar surface area (TPSA) is 97.1 Å². The Balaban J connectivity index is 1.46. The third-order valence-corrected chi connectivity index (χ3v) is 7.77. The summed E-state index contributed by atoms with van der Waals surface area (Å²) in [6, 6.07) is 28.6. The van der Waals surface area contributed by atoms with Gasteiger partial charge < -0.3 is 24.7 Å². The Morgan fingerprint density at radius 1 is 0.951 bits per heavy atom. The molecule has 1 fully saturated rings. The van der Waals surface area contributed by atoms with E-state index in [0.717, 1.165) is 11.1 Å². The summed E-state index contributed by atoms with van der Waals surface area (Å²) in [5.74, 6) is 0.0564. The molecule has 0 radical (unpaired) electrons. The number of aliphatic hydroxyl groups is 2. The van der Waals surface area contributed by atoms with Crippen LogP contribution in [0.5, 0.6) is 0 Å². The van der Waals surface area contributed by atoms with Gasteiger partial charge in [-0.1, -0.05) is 91.0 Å². The van der Waals surface area contributed by atoms with Crippen molar-refractivity contribution in [3.05, 3.63) is 125 Å². The minimum absolute atomic E-state index is 0.00388. The predicted molar refractivity (Wildman–Crippen MR) is 155 cm³/mol. The van der Waals surface area contributed by atoms with Gasteiger partial charge >= 0.3 is 6.09 Å². The van der Waals surface area contributed by atoms with Crippen LogP contribution in [-0.4, -0.2) is 50.8 Å². The molecule has 1 atom stereocenters. The highest BCUT2D eigenvalue weighted by molar-refractivity contribution is 5.67. The molecule has 2 heterocycles. The highest BCUT2D eigenvalue weighted by Gasteiger charge is 2.38. The number of amides is 1. The summed E-state index contributed by atoms with van der Waals surface area (Å²) in [5.41, 5.74) is 2.26. The molecule has 1 unspecified atom stereocenters. The fourth-order valence-corrected chi connectivity index (χ4v) is 5.60. The van der Waals surface area contributed by atoms with Crippen LogP contribution < -0.4 is 4.84 Å². The second-order valence-electron chi connectivity index (χ2n) is 10.4. The van der Waals surface area contributed by atoms with Crippen molar-refractivity contribution in [3.63, 3.8) is 0 Å². The summed E-state index contributed by atoms with van der Waals surface area (Å²) in [4.78, 5) is 21.5. The number of aromatic nitrogens is 2. The van der Waals surface area contributed by atoms with Crippen LogP contribution in [0.4, 0.5) is 4.79 Å². The second-order valence-corrected chi connectivity index (χ2v) is 10.4. The third-order valence-electron chi connectivity index (χ3n) is 7.77. The van der Waals surface area contributed by atoms with Gasteiger partial charge in [0.1, 0.15) is 24.0 Å². The molecular weight excluding hydrogens is 518 g/mol. The second kappa shape index (κ2) is 13.0. The van der Waals surface area contributed by atoms with E-state index in [4.69, 9.17) is 9.57 Å². The molecule has 2 N–H and O–H groups in total. The molecule has 1 aliphatic rings. The first-order valence-electron chi connectivity index (χ1n) is 14.2. The largest absolute Gasteiger partial charge is 0.450 e. The van der Waals surface area contributed by atoms with Crippen LogP contribution in [0, 0.1) is 0 Å². The first kappa shape index (κ1) is 28.4. The highest BCUT2D eigenvalue weighted by atomic mass is 16.7. The van der Waals surface area contributed by atoms with Gasteiger partial charge in [0.15, 0.2) is 0 Å². The van der Waals surface area contributed by atoms with Gasteiger partial charge in [0, 0.05) is 25.1 Å². The number of ether oxygens (including phenoxy) is 1. The molecule has 41 heavy (non-hydrogen) atoms. The molecule has 0 bridgehead atoms. The number of carbonyl (C=O) groups excluding carboxylic acids is 1. The van der Waals surface area contributed by atoms with Gasteiger partial charge in [-0.25, -0.2) is 4.79 Å². The van der Waals surface area contributed by atoms with Crippen molar-refractivity contribution in [3.8, 4) is 0 Å². The molecule has 214 valence electrons. The van der Waals surface area contributed by atoms with Gasteiger partial charge in [0.25, 0.3) is 0 Å². The molecule has 5 rings (SSSR count). The van der Waals surface area contributed by atoms with E-state index in [2.05, 4.69) is 5.10 Å². The van der Waals surface area contributed by atoms with Gasteiger partial charge in [-0.15, -0.1) is 9.94 Å². The molecule has 0 saturated carbocycles. The van der Waals surface area contributed by atoms with E-state index in [9.17, 15) is 15.0 Å². The summed E-state index contributed by atoms with van der Waals surface area (Å²) in [6.07, 6.45) is 1.74. The van der Waals surface area contributed by atoms with Crippen molar-refractivity contribution in [2.45, 2.75) is 50.4 Å². The lowest BCUT2D eigenvalue weighted by Gasteiger charge is -2.33. The van der Waals surface area contributed by atoms with Crippen molar-refractivity contribution >= 4 is 6.09 Å². The standard InChI is InChI=1S/C33H37N3O5/c1-2-40-32(38)35-20-18-26(19-21-35)29-23-34-36(41-24-25-12-6-3-7-13-25)31(29)30(37)22-33(39,27-14-8-4-9-15-27)28-16-10-5-11-17-28/h3-17,23,26,30,37,39H,2,18-22,24H2,1H3. The molecule has 1 aromatic heterocycles. The van der Waals surface area contributed by atoms with E-state index in [1.807, 2.05) is 91.0 Å². The summed E-state index contributed by atoms with van der Waals surface area (Å²) in [5, 5.41) is 28.6. The summed E-state index contributed by atoms with van der Waals surface area (Å²) >= 11 is 0. The number of nitrogens with zero attached hydrogens (tertiary/aromatic N) is 3. The molecule has 4 aromatic rings. The van der Waals surface area contributed by atoms with Crippen molar-refractivity contribution in [1.29, 1.82) is 0 Å².